The van der Waals surface area contributed by atoms with Gasteiger partial charge in [0.1, 0.15) is 6.10 Å². The van der Waals surface area contributed by atoms with Crippen LogP contribution in [-0.4, -0.2) is 36.4 Å². The molecule has 0 amide bonds. The van der Waals surface area contributed by atoms with E-state index in [1.807, 2.05) is 0 Å². The van der Waals surface area contributed by atoms with Gasteiger partial charge in [-0.05, 0) is 111 Å². The molecule has 0 radical (unpaired) electrons. The summed E-state index contributed by atoms with van der Waals surface area (Å²) < 4.78 is 10.4. The number of carbonyl (C=O) groups excluding carboxylic acids is 2. The molecule has 0 bridgehead atoms. The van der Waals surface area contributed by atoms with E-state index < -0.39 is 0 Å². The Morgan fingerprint density at radius 1 is 1.03 bits per heavy atom. The topological polar surface area (TPSA) is 72.8 Å². The van der Waals surface area contributed by atoms with E-state index in [-0.39, 0.29) is 29.6 Å². The summed E-state index contributed by atoms with van der Waals surface area (Å²) in [4.78, 5) is 23.1. The number of carbonyl (C=O) groups is 2. The van der Waals surface area contributed by atoms with Crippen LogP contribution in [-0.2, 0) is 19.1 Å². The first kappa shape index (κ1) is 25.0. The highest BCUT2D eigenvalue weighted by molar-refractivity contribution is 5.69. The number of aliphatic hydroxyl groups excluding tert-OH is 1. The van der Waals surface area contributed by atoms with Crippen molar-refractivity contribution in [3.8, 4) is 0 Å². The summed E-state index contributed by atoms with van der Waals surface area (Å²) in [5.41, 5.74) is 0.553. The van der Waals surface area contributed by atoms with Crippen molar-refractivity contribution in [1.82, 2.24) is 0 Å². The third-order valence-electron chi connectivity index (χ3n) is 11.0. The van der Waals surface area contributed by atoms with E-state index in [1.54, 1.807) is 0 Å². The second kappa shape index (κ2) is 9.51. The molecule has 5 heteroatoms. The molecule has 5 nitrogen and oxygen atoms in total. The van der Waals surface area contributed by atoms with E-state index >= 15 is 0 Å². The van der Waals surface area contributed by atoms with E-state index in [0.717, 1.165) is 38.5 Å². The average molecular weight is 463 g/mol. The zero-order valence-electron chi connectivity index (χ0n) is 21.5. The normalized spacial score (nSPS) is 45.3. The maximum atomic E-state index is 11.5. The highest BCUT2D eigenvalue weighted by atomic mass is 16.5. The Labute approximate surface area is 200 Å². The summed E-state index contributed by atoms with van der Waals surface area (Å²) in [5.74, 6) is 3.04. The Kier molecular flexibility index (Phi) is 7.21. The van der Waals surface area contributed by atoms with Crippen molar-refractivity contribution in [1.29, 1.82) is 0 Å². The van der Waals surface area contributed by atoms with Gasteiger partial charge < -0.3 is 14.6 Å². The number of esters is 2. The molecule has 4 rings (SSSR count). The van der Waals surface area contributed by atoms with Crippen LogP contribution >= 0.6 is 0 Å². The second-order valence-corrected chi connectivity index (χ2v) is 12.5. The first-order chi connectivity index (χ1) is 15.6. The lowest BCUT2D eigenvalue weighted by Gasteiger charge is -2.62. The molecule has 0 aromatic heterocycles. The van der Waals surface area contributed by atoms with Gasteiger partial charge in [0, 0.05) is 13.3 Å². The first-order valence-corrected chi connectivity index (χ1v) is 13.5. The maximum absolute atomic E-state index is 11.5. The molecule has 0 spiro atoms. The second-order valence-electron chi connectivity index (χ2n) is 12.5. The Hall–Kier alpha value is -1.10. The van der Waals surface area contributed by atoms with Crippen LogP contribution in [0.15, 0.2) is 0 Å². The number of ether oxygens (including phenoxy) is 2. The van der Waals surface area contributed by atoms with Crippen LogP contribution in [0.5, 0.6) is 0 Å². The molecule has 10 atom stereocenters. The van der Waals surface area contributed by atoms with Crippen LogP contribution in [0.25, 0.3) is 0 Å². The molecule has 4 fully saturated rings. The molecule has 0 aliphatic heterocycles. The van der Waals surface area contributed by atoms with Gasteiger partial charge in [-0.1, -0.05) is 20.8 Å². The van der Waals surface area contributed by atoms with Crippen LogP contribution in [0, 0.1) is 46.3 Å². The summed E-state index contributed by atoms with van der Waals surface area (Å²) >= 11 is 0. The fraction of sp³-hybridized carbons (Fsp3) is 0.929. The van der Waals surface area contributed by atoms with Gasteiger partial charge in [0.05, 0.1) is 13.2 Å². The fourth-order valence-corrected chi connectivity index (χ4v) is 9.37. The van der Waals surface area contributed by atoms with Crippen molar-refractivity contribution in [2.75, 3.05) is 7.11 Å². The predicted molar refractivity (Wildman–Crippen MR) is 127 cm³/mol. The molecule has 0 saturated heterocycles. The van der Waals surface area contributed by atoms with Crippen LogP contribution in [0.2, 0.25) is 0 Å². The Bertz CT molecular complexity index is 736. The molecule has 188 valence electrons. The molecule has 0 aromatic carbocycles. The lowest BCUT2D eigenvalue weighted by Crippen LogP contribution is -2.58. The summed E-state index contributed by atoms with van der Waals surface area (Å²) in [6, 6.07) is 0. The van der Waals surface area contributed by atoms with E-state index in [1.165, 1.54) is 39.7 Å². The largest absolute Gasteiger partial charge is 0.469 e. The van der Waals surface area contributed by atoms with Gasteiger partial charge >= 0.3 is 11.9 Å². The Morgan fingerprint density at radius 3 is 2.42 bits per heavy atom. The van der Waals surface area contributed by atoms with E-state index in [0.29, 0.717) is 47.3 Å². The van der Waals surface area contributed by atoms with E-state index in [9.17, 15) is 14.7 Å². The van der Waals surface area contributed by atoms with Gasteiger partial charge in [0.25, 0.3) is 0 Å². The van der Waals surface area contributed by atoms with Crippen molar-refractivity contribution in [2.24, 2.45) is 46.3 Å². The molecule has 4 aliphatic rings. The van der Waals surface area contributed by atoms with Crippen LogP contribution < -0.4 is 0 Å². The smallest absolute Gasteiger partial charge is 0.305 e. The SMILES string of the molecule is COC(=O)CCC[C@@H](C)[C@H]1CC[C@H]2[C@@H]3C(O)C[C@H]4C[C@@H](OC(C)=O)CC[C@]4(C)[C@H]3CC[C@]12C. The third kappa shape index (κ3) is 4.48. The number of hydrogen-bond acceptors (Lipinski definition) is 5. The van der Waals surface area contributed by atoms with Gasteiger partial charge in [-0.15, -0.1) is 0 Å². The molecule has 4 saturated carbocycles. The minimum Gasteiger partial charge on any atom is -0.469 e. The van der Waals surface area contributed by atoms with Crippen molar-refractivity contribution in [3.05, 3.63) is 0 Å². The Morgan fingerprint density at radius 2 is 1.73 bits per heavy atom. The standard InChI is InChI=1S/C28H46O5/c1-17(7-6-8-25(31)32-5)21-9-10-22-26-23(12-14-28(21,22)4)27(3)13-11-20(33-18(2)29)15-19(27)16-24(26)30/h17,19-24,26,30H,6-16H2,1-5H3/t17-,19-,20+,21-,22+,23+,24?,26+,27+,28-/m1/s1. The zero-order chi connectivity index (χ0) is 24.0. The number of hydrogen-bond donors (Lipinski definition) is 1. The first-order valence-electron chi connectivity index (χ1n) is 13.5. The average Bonchev–Trinajstić information content (AvgIpc) is 3.11. The van der Waals surface area contributed by atoms with Crippen molar-refractivity contribution >= 4 is 11.9 Å². The van der Waals surface area contributed by atoms with E-state index in [2.05, 4.69) is 20.8 Å². The number of fused-ring (bicyclic) bond motifs is 5. The highest BCUT2D eigenvalue weighted by Gasteiger charge is 2.63. The minimum atomic E-state index is -0.234. The monoisotopic (exact) mass is 462 g/mol. The Balaban J connectivity index is 1.46. The van der Waals surface area contributed by atoms with Gasteiger partial charge in [-0.25, -0.2) is 0 Å². The molecular formula is C28H46O5. The summed E-state index contributed by atoms with van der Waals surface area (Å²) in [5, 5.41) is 11.5. The van der Waals surface area contributed by atoms with Crippen LogP contribution in [0.3, 0.4) is 0 Å². The molecule has 4 aliphatic carbocycles. The lowest BCUT2D eigenvalue weighted by atomic mass is 9.43. The molecule has 0 aromatic rings. The minimum absolute atomic E-state index is 0.0277. The van der Waals surface area contributed by atoms with Gasteiger partial charge in [0.15, 0.2) is 0 Å². The fourth-order valence-electron chi connectivity index (χ4n) is 9.37. The third-order valence-corrected chi connectivity index (χ3v) is 11.0. The number of aliphatic hydroxyl groups is 1. The molecular weight excluding hydrogens is 416 g/mol. The van der Waals surface area contributed by atoms with E-state index in [4.69, 9.17) is 9.47 Å². The molecule has 0 heterocycles. The van der Waals surface area contributed by atoms with Crippen LogP contribution in [0.1, 0.15) is 98.3 Å². The summed E-state index contributed by atoms with van der Waals surface area (Å²) in [7, 11) is 1.47. The molecule has 1 N–H and O–H groups in total. The molecule has 33 heavy (non-hydrogen) atoms. The lowest BCUT2D eigenvalue weighted by molar-refractivity contribution is -0.182. The maximum Gasteiger partial charge on any atom is 0.305 e. The van der Waals surface area contributed by atoms with Crippen molar-refractivity contribution in [2.45, 2.75) is 111 Å². The predicted octanol–water partition coefficient (Wildman–Crippen LogP) is 5.53. The van der Waals surface area contributed by atoms with Gasteiger partial charge in [0.2, 0.25) is 0 Å². The number of rotatable bonds is 6. The number of methoxy groups -OCH3 is 1. The van der Waals surface area contributed by atoms with Crippen LogP contribution in [0.4, 0.5) is 0 Å². The quantitative estimate of drug-likeness (QED) is 0.526. The van der Waals surface area contributed by atoms with Crippen molar-refractivity contribution < 1.29 is 24.2 Å². The zero-order valence-corrected chi connectivity index (χ0v) is 21.5. The summed E-state index contributed by atoms with van der Waals surface area (Å²) in [6.07, 6.45) is 11.1. The summed E-state index contributed by atoms with van der Waals surface area (Å²) in [6.45, 7) is 8.89. The van der Waals surface area contributed by atoms with Gasteiger partial charge in [-0.2, -0.15) is 0 Å². The molecule has 1 unspecified atom stereocenters. The van der Waals surface area contributed by atoms with Crippen molar-refractivity contribution in [3.63, 3.8) is 0 Å². The highest BCUT2D eigenvalue weighted by Crippen LogP contribution is 2.68. The van der Waals surface area contributed by atoms with Gasteiger partial charge in [-0.3, -0.25) is 9.59 Å².